The number of rotatable bonds is 2. The lowest BCUT2D eigenvalue weighted by atomic mass is 10.1. The number of urea groups is 1. The van der Waals surface area contributed by atoms with Gasteiger partial charge in [-0.05, 0) is 12.8 Å². The Balaban J connectivity index is 2.08. The van der Waals surface area contributed by atoms with Gasteiger partial charge in [-0.25, -0.2) is 4.79 Å². The molecule has 0 radical (unpaired) electrons. The molecule has 0 saturated carbocycles. The average molecular weight is 190 g/mol. The van der Waals surface area contributed by atoms with Crippen LogP contribution in [0.5, 0.6) is 0 Å². The van der Waals surface area contributed by atoms with Crippen LogP contribution >= 0.6 is 12.3 Å². The number of hydrogen-bond acceptors (Lipinski definition) is 4. The molecular formula is C6H10N2O3S. The first kappa shape index (κ1) is 8.15. The van der Waals surface area contributed by atoms with E-state index in [-0.39, 0.29) is 24.4 Å². The third-order valence-electron chi connectivity index (χ3n) is 2.30. The lowest BCUT2D eigenvalue weighted by molar-refractivity contribution is -0.0135. The third-order valence-corrected chi connectivity index (χ3v) is 2.53. The molecular weight excluding hydrogens is 180 g/mol. The van der Waals surface area contributed by atoms with Gasteiger partial charge in [-0.3, -0.25) is 0 Å². The van der Waals surface area contributed by atoms with Crippen LogP contribution < -0.4 is 0 Å². The van der Waals surface area contributed by atoms with Gasteiger partial charge in [0.2, 0.25) is 0 Å². The number of carbonyl (C=O) groups excluding carboxylic acids is 1. The molecule has 2 bridgehead atoms. The van der Waals surface area contributed by atoms with Gasteiger partial charge in [-0.1, -0.05) is 0 Å². The van der Waals surface area contributed by atoms with Crippen molar-refractivity contribution in [2.75, 3.05) is 13.1 Å². The second kappa shape index (κ2) is 3.12. The Hall–Kier alpha value is -0.460. The Bertz CT molecular complexity index is 201. The Morgan fingerprint density at radius 3 is 3.17 bits per heavy atom. The molecule has 2 aliphatic rings. The lowest BCUT2D eigenvalue weighted by Crippen LogP contribution is -2.30. The van der Waals surface area contributed by atoms with Crippen LogP contribution in [0.1, 0.15) is 12.8 Å². The normalized spacial score (nSPS) is 28.4. The predicted molar refractivity (Wildman–Crippen MR) is 43.1 cm³/mol. The number of piperidine rings is 1. The zero-order chi connectivity index (χ0) is 8.55. The van der Waals surface area contributed by atoms with E-state index >= 15 is 0 Å². The highest BCUT2D eigenvalue weighted by atomic mass is 32.2. The van der Waals surface area contributed by atoms with Gasteiger partial charge in [-0.15, -0.1) is 0 Å². The summed E-state index contributed by atoms with van der Waals surface area (Å²) in [4.78, 5) is 13.1. The van der Waals surface area contributed by atoms with Gasteiger partial charge < -0.3 is 9.45 Å². The molecule has 12 heavy (non-hydrogen) atoms. The van der Waals surface area contributed by atoms with E-state index in [2.05, 4.69) is 0 Å². The fraction of sp³-hybridized carbons (Fsp3) is 0.833. The second-order valence-electron chi connectivity index (χ2n) is 3.00. The van der Waals surface area contributed by atoms with Crippen molar-refractivity contribution >= 4 is 18.4 Å². The number of hydroxylamine groups is 2. The topological polar surface area (TPSA) is 53.0 Å². The molecule has 2 amide bonds. The maximum Gasteiger partial charge on any atom is 0.345 e. The minimum Gasteiger partial charge on any atom is -0.321 e. The molecule has 2 saturated heterocycles. The van der Waals surface area contributed by atoms with Gasteiger partial charge in [0.15, 0.2) is 12.3 Å². The molecule has 0 spiro atoms. The quantitative estimate of drug-likeness (QED) is 0.658. The molecule has 5 nitrogen and oxygen atoms in total. The largest absolute Gasteiger partial charge is 0.345 e. The Morgan fingerprint density at radius 1 is 1.67 bits per heavy atom. The van der Waals surface area contributed by atoms with Crippen LogP contribution in [0.2, 0.25) is 0 Å². The summed E-state index contributed by atoms with van der Waals surface area (Å²) in [5, 5.41) is 1.26. The maximum atomic E-state index is 11.4. The summed E-state index contributed by atoms with van der Waals surface area (Å²) >= 11 is 0.230. The van der Waals surface area contributed by atoms with Crippen LogP contribution in [-0.4, -0.2) is 39.7 Å². The second-order valence-corrected chi connectivity index (χ2v) is 3.30. The summed E-state index contributed by atoms with van der Waals surface area (Å²) in [6, 6.07) is 0.00458. The fourth-order valence-electron chi connectivity index (χ4n) is 1.74. The van der Waals surface area contributed by atoms with E-state index < -0.39 is 0 Å². The highest BCUT2D eigenvalue weighted by Crippen LogP contribution is 2.26. The lowest BCUT2D eigenvalue weighted by Gasteiger charge is -2.20. The molecule has 6 heteroatoms. The summed E-state index contributed by atoms with van der Waals surface area (Å²) in [6.07, 6.45) is 1.98. The van der Waals surface area contributed by atoms with Gasteiger partial charge in [0.05, 0.1) is 6.04 Å². The van der Waals surface area contributed by atoms with Crippen LogP contribution in [0.3, 0.4) is 0 Å². The summed E-state index contributed by atoms with van der Waals surface area (Å²) in [6.45, 7) is 1.55. The number of hydrogen-bond donors (Lipinski definition) is 1. The summed E-state index contributed by atoms with van der Waals surface area (Å²) in [7, 11) is 0. The van der Waals surface area contributed by atoms with E-state index in [9.17, 15) is 4.79 Å². The van der Waals surface area contributed by atoms with Crippen molar-refractivity contribution in [2.45, 2.75) is 18.9 Å². The van der Waals surface area contributed by atoms with Crippen molar-refractivity contribution in [3.05, 3.63) is 0 Å². The Labute approximate surface area is 74.6 Å². The van der Waals surface area contributed by atoms with Crippen LogP contribution in [0, 0.1) is 0 Å². The smallest absolute Gasteiger partial charge is 0.321 e. The highest BCUT2D eigenvalue weighted by Gasteiger charge is 2.41. The standard InChI is InChI=1S/C6H10N2O3S/c9-6-7-3-1-2-5(4-7)8(6)11-12-10/h5,10H,1-4H2/t5-/m1/s1. The van der Waals surface area contributed by atoms with E-state index in [1.54, 1.807) is 4.90 Å². The predicted octanol–water partition coefficient (Wildman–Crippen LogP) is 0.939. The van der Waals surface area contributed by atoms with Crippen molar-refractivity contribution < 1.29 is 13.6 Å². The van der Waals surface area contributed by atoms with E-state index in [1.165, 1.54) is 5.06 Å². The molecule has 0 aliphatic carbocycles. The molecule has 1 atom stereocenters. The van der Waals surface area contributed by atoms with Crippen LogP contribution in [0.15, 0.2) is 0 Å². The minimum absolute atomic E-state index is 0.126. The Morgan fingerprint density at radius 2 is 2.50 bits per heavy atom. The van der Waals surface area contributed by atoms with Crippen LogP contribution in [-0.2, 0) is 4.28 Å². The molecule has 0 aromatic rings. The van der Waals surface area contributed by atoms with Crippen molar-refractivity contribution in [3.63, 3.8) is 0 Å². The maximum absolute atomic E-state index is 11.4. The first-order chi connectivity index (χ1) is 5.83. The summed E-state index contributed by atoms with van der Waals surface area (Å²) in [5.41, 5.74) is 0. The zero-order valence-electron chi connectivity index (χ0n) is 6.47. The van der Waals surface area contributed by atoms with Gasteiger partial charge >= 0.3 is 6.03 Å². The molecule has 2 fully saturated rings. The summed E-state index contributed by atoms with van der Waals surface area (Å²) < 4.78 is 13.2. The van der Waals surface area contributed by atoms with E-state index in [0.717, 1.165) is 25.9 Å². The third kappa shape index (κ3) is 1.16. The monoisotopic (exact) mass is 190 g/mol. The van der Waals surface area contributed by atoms with Gasteiger partial charge in [-0.2, -0.15) is 9.35 Å². The SMILES string of the molecule is O=C1N2CCC[C@H](C2)N1OSO. The van der Waals surface area contributed by atoms with Crippen molar-refractivity contribution in [1.29, 1.82) is 0 Å². The molecule has 2 rings (SSSR count). The van der Waals surface area contributed by atoms with E-state index in [4.69, 9.17) is 8.84 Å². The van der Waals surface area contributed by atoms with Crippen LogP contribution in [0.25, 0.3) is 0 Å². The first-order valence-electron chi connectivity index (χ1n) is 3.89. The molecule has 0 unspecified atom stereocenters. The van der Waals surface area contributed by atoms with Crippen LogP contribution in [0.4, 0.5) is 4.79 Å². The fourth-order valence-corrected chi connectivity index (χ4v) is 2.00. The van der Waals surface area contributed by atoms with Crippen molar-refractivity contribution in [1.82, 2.24) is 9.96 Å². The van der Waals surface area contributed by atoms with Crippen molar-refractivity contribution in [3.8, 4) is 0 Å². The van der Waals surface area contributed by atoms with Gasteiger partial charge in [0.1, 0.15) is 0 Å². The molecule has 2 aliphatic heterocycles. The number of amides is 2. The highest BCUT2D eigenvalue weighted by molar-refractivity contribution is 7.88. The van der Waals surface area contributed by atoms with E-state index in [1.807, 2.05) is 0 Å². The zero-order valence-corrected chi connectivity index (χ0v) is 7.29. The van der Waals surface area contributed by atoms with Crippen molar-refractivity contribution in [2.24, 2.45) is 0 Å². The van der Waals surface area contributed by atoms with E-state index in [0.29, 0.717) is 0 Å². The number of fused-ring (bicyclic) bond motifs is 2. The first-order valence-corrected chi connectivity index (χ1v) is 4.59. The summed E-state index contributed by atoms with van der Waals surface area (Å²) in [5.74, 6) is 0. The molecule has 1 N–H and O–H groups in total. The molecule has 0 aromatic heterocycles. The Kier molecular flexibility index (Phi) is 2.12. The number of carbonyl (C=O) groups is 1. The average Bonchev–Trinajstić information content (AvgIpc) is 2.31. The minimum atomic E-state index is -0.126. The van der Waals surface area contributed by atoms with Gasteiger partial charge in [0.25, 0.3) is 0 Å². The number of nitrogens with zero attached hydrogens (tertiary/aromatic N) is 2. The molecule has 0 aromatic carbocycles. The van der Waals surface area contributed by atoms with Gasteiger partial charge in [0, 0.05) is 13.1 Å². The molecule has 68 valence electrons. The molecule has 2 heterocycles.